The van der Waals surface area contributed by atoms with Gasteiger partial charge in [-0.1, -0.05) is 0 Å². The van der Waals surface area contributed by atoms with E-state index in [1.807, 2.05) is 27.7 Å². The number of ether oxygens (including phenoxy) is 2. The van der Waals surface area contributed by atoms with Crippen molar-refractivity contribution >= 4 is 34.5 Å². The number of carbonyl (C=O) groups is 2. The molecule has 0 N–H and O–H groups in total. The van der Waals surface area contributed by atoms with Crippen molar-refractivity contribution in [2.24, 2.45) is 0 Å². The van der Waals surface area contributed by atoms with Gasteiger partial charge < -0.3 is 9.47 Å². The highest BCUT2D eigenvalue weighted by Gasteiger charge is 2.20. The quantitative estimate of drug-likeness (QED) is 0.456. The number of rotatable bonds is 6. The van der Waals surface area contributed by atoms with Crippen molar-refractivity contribution in [3.8, 4) is 0 Å². The molecule has 2 heterocycles. The molecule has 0 fully saturated rings. The van der Waals surface area contributed by atoms with Crippen LogP contribution in [0.2, 0.25) is 0 Å². The number of carbonyl (C=O) groups excluding carboxylic acids is 2. The predicted octanol–water partition coefficient (Wildman–Crippen LogP) is 3.38. The van der Waals surface area contributed by atoms with Crippen LogP contribution in [-0.4, -0.2) is 44.7 Å². The molecule has 2 aromatic heterocycles. The van der Waals surface area contributed by atoms with Crippen molar-refractivity contribution in [3.63, 3.8) is 0 Å². The van der Waals surface area contributed by atoms with Gasteiger partial charge in [0, 0.05) is 13.1 Å². The Morgan fingerprint density at radius 1 is 0.963 bits per heavy atom. The lowest BCUT2D eigenvalue weighted by molar-refractivity contribution is 0.0502. The smallest absolute Gasteiger partial charge is 0.357 e. The molecule has 0 aromatic carbocycles. The summed E-state index contributed by atoms with van der Waals surface area (Å²) in [5.74, 6) is -0.593. The molecule has 0 amide bonds. The van der Waals surface area contributed by atoms with Crippen molar-refractivity contribution in [2.45, 2.75) is 54.6 Å². The van der Waals surface area contributed by atoms with Gasteiger partial charge in [0.15, 0.2) is 5.69 Å². The standard InChI is InChI=1S/C9H13IN2O2.C9H14N2O2/c1-4-12-8(9(13)14-5-2)7(10)6(3)11-12;1-4-11-8(6-7(3)10-11)9(12)13-5-2/h4-5H2,1-3H3;6H,4-5H2,1-3H3. The minimum Gasteiger partial charge on any atom is -0.461 e. The topological polar surface area (TPSA) is 88.2 Å². The van der Waals surface area contributed by atoms with Gasteiger partial charge >= 0.3 is 11.9 Å². The van der Waals surface area contributed by atoms with E-state index in [-0.39, 0.29) is 11.9 Å². The molecule has 0 aliphatic heterocycles. The highest BCUT2D eigenvalue weighted by atomic mass is 127. The Bertz CT molecular complexity index is 783. The van der Waals surface area contributed by atoms with Crippen molar-refractivity contribution < 1.29 is 19.1 Å². The zero-order valence-corrected chi connectivity index (χ0v) is 18.9. The van der Waals surface area contributed by atoms with Crippen molar-refractivity contribution in [1.29, 1.82) is 0 Å². The third-order valence-corrected chi connectivity index (χ3v) is 4.80. The van der Waals surface area contributed by atoms with Crippen molar-refractivity contribution in [3.05, 3.63) is 32.4 Å². The van der Waals surface area contributed by atoms with Crippen LogP contribution in [0.3, 0.4) is 0 Å². The van der Waals surface area contributed by atoms with Crippen LogP contribution in [0.15, 0.2) is 6.07 Å². The van der Waals surface area contributed by atoms with Crippen LogP contribution in [0.5, 0.6) is 0 Å². The van der Waals surface area contributed by atoms with E-state index in [2.05, 4.69) is 32.8 Å². The van der Waals surface area contributed by atoms with Gasteiger partial charge in [-0.05, 0) is 70.2 Å². The van der Waals surface area contributed by atoms with E-state index in [4.69, 9.17) is 9.47 Å². The Kier molecular flexibility index (Phi) is 9.47. The molecule has 0 unspecified atom stereocenters. The van der Waals surface area contributed by atoms with Gasteiger partial charge in [0.05, 0.1) is 28.2 Å². The third kappa shape index (κ3) is 6.05. The molecule has 0 aliphatic carbocycles. The molecule has 2 rings (SSSR count). The fourth-order valence-corrected chi connectivity index (χ4v) is 2.95. The van der Waals surface area contributed by atoms with E-state index in [1.165, 1.54) is 0 Å². The van der Waals surface area contributed by atoms with E-state index >= 15 is 0 Å². The van der Waals surface area contributed by atoms with E-state index in [1.54, 1.807) is 29.3 Å². The molecule has 0 radical (unpaired) electrons. The molecular formula is C18H27IN4O4. The summed E-state index contributed by atoms with van der Waals surface area (Å²) in [7, 11) is 0. The molecule has 9 heteroatoms. The minimum absolute atomic E-state index is 0.292. The number of halogens is 1. The summed E-state index contributed by atoms with van der Waals surface area (Å²) in [5, 5.41) is 8.39. The number of nitrogens with zero attached hydrogens (tertiary/aromatic N) is 4. The highest BCUT2D eigenvalue weighted by Crippen LogP contribution is 2.17. The molecule has 0 spiro atoms. The molecule has 0 saturated carbocycles. The summed E-state index contributed by atoms with van der Waals surface area (Å²) in [4.78, 5) is 22.9. The van der Waals surface area contributed by atoms with E-state index < -0.39 is 0 Å². The molecule has 27 heavy (non-hydrogen) atoms. The lowest BCUT2D eigenvalue weighted by Gasteiger charge is -2.04. The van der Waals surface area contributed by atoms with Crippen LogP contribution < -0.4 is 0 Å². The summed E-state index contributed by atoms with van der Waals surface area (Å²) in [6.45, 7) is 13.4. The zero-order chi connectivity index (χ0) is 20.6. The third-order valence-electron chi connectivity index (χ3n) is 3.51. The first-order valence-corrected chi connectivity index (χ1v) is 9.99. The monoisotopic (exact) mass is 490 g/mol. The first-order chi connectivity index (χ1) is 12.8. The lowest BCUT2D eigenvalue weighted by atomic mass is 10.4. The first kappa shape index (κ1) is 23.1. The second kappa shape index (κ2) is 11.1. The SMILES string of the molecule is CCOC(=O)c1c(I)c(C)nn1CC.CCOC(=O)c1cc(C)nn1CC. The van der Waals surface area contributed by atoms with E-state index in [0.29, 0.717) is 37.7 Å². The molecule has 0 aliphatic rings. The second-order valence-electron chi connectivity index (χ2n) is 5.49. The minimum atomic E-state index is -0.301. The van der Waals surface area contributed by atoms with Gasteiger partial charge in [0.25, 0.3) is 0 Å². The van der Waals surface area contributed by atoms with Crippen LogP contribution in [-0.2, 0) is 22.6 Å². The number of aromatic nitrogens is 4. The maximum atomic E-state index is 11.6. The Morgan fingerprint density at radius 3 is 2.04 bits per heavy atom. The average Bonchev–Trinajstić information content (AvgIpc) is 3.15. The Balaban J connectivity index is 0.000000271. The largest absolute Gasteiger partial charge is 0.461 e. The maximum absolute atomic E-state index is 11.6. The first-order valence-electron chi connectivity index (χ1n) is 8.92. The molecule has 0 bridgehead atoms. The molecule has 8 nitrogen and oxygen atoms in total. The summed E-state index contributed by atoms with van der Waals surface area (Å²) in [6, 6.07) is 1.74. The molecular weight excluding hydrogens is 463 g/mol. The summed E-state index contributed by atoms with van der Waals surface area (Å²) in [5.41, 5.74) is 2.80. The number of aryl methyl sites for hydroxylation is 4. The molecule has 0 saturated heterocycles. The summed E-state index contributed by atoms with van der Waals surface area (Å²) in [6.07, 6.45) is 0. The predicted molar refractivity (Wildman–Crippen MR) is 110 cm³/mol. The lowest BCUT2D eigenvalue weighted by Crippen LogP contribution is -2.13. The highest BCUT2D eigenvalue weighted by molar-refractivity contribution is 14.1. The van der Waals surface area contributed by atoms with Crippen LogP contribution in [0.1, 0.15) is 60.1 Å². The van der Waals surface area contributed by atoms with Crippen LogP contribution >= 0.6 is 22.6 Å². The zero-order valence-electron chi connectivity index (χ0n) is 16.7. The number of esters is 2. The average molecular weight is 490 g/mol. The number of hydrogen-bond acceptors (Lipinski definition) is 6. The van der Waals surface area contributed by atoms with Crippen molar-refractivity contribution in [1.82, 2.24) is 19.6 Å². The fourth-order valence-electron chi connectivity index (χ4n) is 2.34. The van der Waals surface area contributed by atoms with E-state index in [0.717, 1.165) is 15.0 Å². The Labute approximate surface area is 173 Å². The number of hydrogen-bond donors (Lipinski definition) is 0. The van der Waals surface area contributed by atoms with Gasteiger partial charge in [-0.2, -0.15) is 10.2 Å². The van der Waals surface area contributed by atoms with Gasteiger partial charge in [-0.15, -0.1) is 0 Å². The van der Waals surface area contributed by atoms with Gasteiger partial charge in [0.2, 0.25) is 0 Å². The van der Waals surface area contributed by atoms with Gasteiger partial charge in [-0.25, -0.2) is 9.59 Å². The Morgan fingerprint density at radius 2 is 1.52 bits per heavy atom. The molecule has 150 valence electrons. The maximum Gasteiger partial charge on any atom is 0.357 e. The normalized spacial score (nSPS) is 10.2. The molecule has 2 aromatic rings. The van der Waals surface area contributed by atoms with Crippen LogP contribution in [0.25, 0.3) is 0 Å². The summed E-state index contributed by atoms with van der Waals surface area (Å²) >= 11 is 2.12. The van der Waals surface area contributed by atoms with Crippen molar-refractivity contribution in [2.75, 3.05) is 13.2 Å². The summed E-state index contributed by atoms with van der Waals surface area (Å²) < 4.78 is 14.0. The van der Waals surface area contributed by atoms with E-state index in [9.17, 15) is 9.59 Å². The van der Waals surface area contributed by atoms with Crippen LogP contribution in [0.4, 0.5) is 0 Å². The van der Waals surface area contributed by atoms with Gasteiger partial charge in [-0.3, -0.25) is 9.36 Å². The second-order valence-corrected chi connectivity index (χ2v) is 6.57. The molecule has 0 atom stereocenters. The van der Waals surface area contributed by atoms with Crippen LogP contribution in [0, 0.1) is 17.4 Å². The van der Waals surface area contributed by atoms with Gasteiger partial charge in [0.1, 0.15) is 5.69 Å². The Hall–Kier alpha value is -1.91. The fraction of sp³-hybridized carbons (Fsp3) is 0.556.